The Balaban J connectivity index is -0.00000000536. The summed E-state index contributed by atoms with van der Waals surface area (Å²) >= 11 is 0. The molecule has 0 aliphatic carbocycles. The molecule has 0 bridgehead atoms. The van der Waals surface area contributed by atoms with Crippen molar-refractivity contribution in [1.82, 2.24) is 0 Å². The summed E-state index contributed by atoms with van der Waals surface area (Å²) in [7, 11) is 0. The van der Waals surface area contributed by atoms with Crippen LogP contribution < -0.4 is 0 Å². The zero-order valence-electron chi connectivity index (χ0n) is 41.5. The Morgan fingerprint density at radius 1 is 0.111 bits per heavy atom. The second-order valence-electron chi connectivity index (χ2n) is 0. The van der Waals surface area contributed by atoms with E-state index in [1.54, 1.807) is 0 Å². The largest absolute Gasteiger partial charge is 0.106 e. The van der Waals surface area contributed by atoms with E-state index in [4.69, 9.17) is 0 Å². The van der Waals surface area contributed by atoms with Crippen molar-refractivity contribution in [3.63, 3.8) is 0 Å². The van der Waals surface area contributed by atoms with E-state index in [-0.39, 0.29) is 17.4 Å². The topological polar surface area (TPSA) is 0 Å². The van der Waals surface area contributed by atoms with E-state index in [2.05, 4.69) is 65.8 Å². The van der Waals surface area contributed by atoms with Gasteiger partial charge in [0.15, 0.2) is 0 Å². The zero-order chi connectivity index (χ0) is 44.0. The SMILES string of the molecule is C=C.C=C.C=C.C=C.C=C.CC.CC.CC.CC.CC.CC.CC.CC.CC.CC.CC.CC.CC.CC.CC.CC.CC.[Cr]. The maximum atomic E-state index is 3.00. The van der Waals surface area contributed by atoms with Gasteiger partial charge in [-0.3, -0.25) is 0 Å². The molecule has 0 atom stereocenters. The molecule has 45 heavy (non-hydrogen) atoms. The molecule has 0 unspecified atom stereocenters. The van der Waals surface area contributed by atoms with Gasteiger partial charge in [-0.15, -0.1) is 65.8 Å². The van der Waals surface area contributed by atoms with E-state index in [1.165, 1.54) is 0 Å². The first-order valence-corrected chi connectivity index (χ1v) is 19.5. The van der Waals surface area contributed by atoms with Crippen LogP contribution in [0, 0.1) is 0 Å². The van der Waals surface area contributed by atoms with Gasteiger partial charge in [0.05, 0.1) is 0 Å². The molecule has 0 fully saturated rings. The summed E-state index contributed by atoms with van der Waals surface area (Å²) in [6, 6.07) is 0. The Labute approximate surface area is 317 Å². The first-order valence-electron chi connectivity index (χ1n) is 19.5. The monoisotopic (exact) mass is 703 g/mol. The molecule has 304 valence electrons. The molecular formula is C44H122Cr. The van der Waals surface area contributed by atoms with Gasteiger partial charge in [0.2, 0.25) is 0 Å². The summed E-state index contributed by atoms with van der Waals surface area (Å²) in [4.78, 5) is 0. The Bertz CT molecular complexity index is 18.5. The van der Waals surface area contributed by atoms with Gasteiger partial charge in [0.1, 0.15) is 0 Å². The second kappa shape index (κ2) is 131000. The standard InChI is InChI=1S/17C2H6.5C2H4.Cr/c22*1-2;/h17*1-2H3;5*1-2H2;. The van der Waals surface area contributed by atoms with Gasteiger partial charge in [-0.1, -0.05) is 235 Å². The second-order valence-corrected chi connectivity index (χ2v) is 0. The van der Waals surface area contributed by atoms with Crippen LogP contribution in [0.25, 0.3) is 0 Å². The molecule has 0 aliphatic rings. The molecule has 0 spiro atoms. The molecule has 0 heterocycles. The van der Waals surface area contributed by atoms with Gasteiger partial charge in [0, 0.05) is 17.4 Å². The summed E-state index contributed by atoms with van der Waals surface area (Å²) in [5.74, 6) is 0. The van der Waals surface area contributed by atoms with Crippen LogP contribution in [0.1, 0.15) is 235 Å². The van der Waals surface area contributed by atoms with Crippen molar-refractivity contribution in [2.45, 2.75) is 235 Å². The summed E-state index contributed by atoms with van der Waals surface area (Å²) in [6.45, 7) is 98.0. The van der Waals surface area contributed by atoms with Crippen LogP contribution in [0.2, 0.25) is 0 Å². The predicted molar refractivity (Wildman–Crippen MR) is 249 cm³/mol. The maximum Gasteiger partial charge on any atom is 0 e. The fourth-order valence-corrected chi connectivity index (χ4v) is 0. The summed E-state index contributed by atoms with van der Waals surface area (Å²) < 4.78 is 0. The van der Waals surface area contributed by atoms with Crippen molar-refractivity contribution in [3.05, 3.63) is 65.8 Å². The maximum absolute atomic E-state index is 3.00. The molecule has 0 nitrogen and oxygen atoms in total. The van der Waals surface area contributed by atoms with Crippen LogP contribution in [0.5, 0.6) is 0 Å². The predicted octanol–water partition coefficient (Wildman–Crippen LogP) is 21.5. The third-order valence-corrected chi connectivity index (χ3v) is 0. The molecule has 0 aliphatic heterocycles. The van der Waals surface area contributed by atoms with Gasteiger partial charge in [-0.05, 0) is 0 Å². The van der Waals surface area contributed by atoms with Gasteiger partial charge in [-0.2, -0.15) is 0 Å². The number of hydrogen-bond donors (Lipinski definition) is 0. The molecule has 0 saturated carbocycles. The van der Waals surface area contributed by atoms with Crippen LogP contribution in [-0.4, -0.2) is 0 Å². The summed E-state index contributed by atoms with van der Waals surface area (Å²) in [5, 5.41) is 0. The van der Waals surface area contributed by atoms with Crippen molar-refractivity contribution in [3.8, 4) is 0 Å². The van der Waals surface area contributed by atoms with Crippen LogP contribution >= 0.6 is 0 Å². The average Bonchev–Trinajstić information content (AvgIpc) is 3.28. The Hall–Kier alpha value is -0.768. The molecule has 0 aromatic heterocycles. The molecule has 0 radical (unpaired) electrons. The minimum atomic E-state index is 0. The zero-order valence-corrected chi connectivity index (χ0v) is 42.8. The Kier molecular flexibility index (Phi) is 533000. The molecular weight excluding hydrogens is 580 g/mol. The molecule has 1 heteroatoms. The fraction of sp³-hybridized carbons (Fsp3) is 0.773. The Morgan fingerprint density at radius 3 is 0.111 bits per heavy atom. The Morgan fingerprint density at radius 2 is 0.111 bits per heavy atom. The fourth-order valence-electron chi connectivity index (χ4n) is 0. The quantitative estimate of drug-likeness (QED) is 0.220. The van der Waals surface area contributed by atoms with E-state index >= 15 is 0 Å². The van der Waals surface area contributed by atoms with Crippen molar-refractivity contribution >= 4 is 0 Å². The molecule has 0 N–H and O–H groups in total. The van der Waals surface area contributed by atoms with E-state index in [1.807, 2.05) is 235 Å². The van der Waals surface area contributed by atoms with Crippen molar-refractivity contribution < 1.29 is 17.4 Å². The smallest absolute Gasteiger partial charge is 0 e. The third-order valence-electron chi connectivity index (χ3n) is 0. The molecule has 0 aromatic rings. The minimum absolute atomic E-state index is 0. The first-order chi connectivity index (χ1) is 22.0. The van der Waals surface area contributed by atoms with E-state index in [9.17, 15) is 0 Å². The van der Waals surface area contributed by atoms with Crippen LogP contribution in [0.3, 0.4) is 0 Å². The van der Waals surface area contributed by atoms with E-state index in [0.29, 0.717) is 0 Å². The third kappa shape index (κ3) is 125000. The molecule has 0 saturated heterocycles. The van der Waals surface area contributed by atoms with Crippen LogP contribution in [-0.2, 0) is 17.4 Å². The van der Waals surface area contributed by atoms with Gasteiger partial charge < -0.3 is 0 Å². The van der Waals surface area contributed by atoms with Gasteiger partial charge in [-0.25, -0.2) is 0 Å². The average molecular weight is 703 g/mol. The van der Waals surface area contributed by atoms with Crippen molar-refractivity contribution in [2.75, 3.05) is 0 Å². The van der Waals surface area contributed by atoms with Crippen LogP contribution in [0.4, 0.5) is 0 Å². The molecule has 0 amide bonds. The number of hydrogen-bond acceptors (Lipinski definition) is 0. The molecule has 0 aromatic carbocycles. The summed E-state index contributed by atoms with van der Waals surface area (Å²) in [5.41, 5.74) is 0. The summed E-state index contributed by atoms with van der Waals surface area (Å²) in [6.07, 6.45) is 0. The van der Waals surface area contributed by atoms with Gasteiger partial charge >= 0.3 is 0 Å². The van der Waals surface area contributed by atoms with E-state index < -0.39 is 0 Å². The number of rotatable bonds is 0. The van der Waals surface area contributed by atoms with Gasteiger partial charge in [0.25, 0.3) is 0 Å². The molecule has 0 rings (SSSR count). The van der Waals surface area contributed by atoms with E-state index in [0.717, 1.165) is 0 Å². The minimum Gasteiger partial charge on any atom is -0.106 e. The normalized spacial score (nSPS) is 2.71. The van der Waals surface area contributed by atoms with Crippen molar-refractivity contribution in [1.29, 1.82) is 0 Å². The van der Waals surface area contributed by atoms with Crippen molar-refractivity contribution in [2.24, 2.45) is 0 Å². The van der Waals surface area contributed by atoms with Crippen LogP contribution in [0.15, 0.2) is 65.8 Å². The first kappa shape index (κ1) is 183.